The van der Waals surface area contributed by atoms with Crippen molar-refractivity contribution in [2.45, 2.75) is 37.5 Å². The fourth-order valence-corrected chi connectivity index (χ4v) is 3.34. The van der Waals surface area contributed by atoms with Crippen LogP contribution in [0.15, 0.2) is 12.4 Å². The van der Waals surface area contributed by atoms with Gasteiger partial charge in [0.1, 0.15) is 17.8 Å². The lowest BCUT2D eigenvalue weighted by Crippen LogP contribution is -2.54. The highest BCUT2D eigenvalue weighted by atomic mass is 16.5. The number of nitrogens with two attached hydrogens (primary N) is 1. The highest BCUT2D eigenvalue weighted by Crippen LogP contribution is 2.17. The predicted octanol–water partition coefficient (Wildman–Crippen LogP) is 0.0569. The molecule has 2 aliphatic heterocycles. The molecule has 2 fully saturated rings. The van der Waals surface area contributed by atoms with Crippen LogP contribution < -0.4 is 11.1 Å². The van der Waals surface area contributed by atoms with Crippen LogP contribution in [0, 0.1) is 0 Å². The van der Waals surface area contributed by atoms with Crippen molar-refractivity contribution in [1.82, 2.24) is 20.2 Å². The Hall–Kier alpha value is -1.77. The standard InChI is InChI=1S/C16H25N5O3/c1-23-14-9-24-7-4-12(14)20-11-2-5-21(6-3-11)16(22)13-8-15(17)19-10-18-13/h8,10-12,14,20H,2-7,9H2,1H3,(H2,17,18,19)/t12-,14+/m1/s1. The van der Waals surface area contributed by atoms with E-state index in [9.17, 15) is 4.79 Å². The van der Waals surface area contributed by atoms with Gasteiger partial charge < -0.3 is 25.4 Å². The van der Waals surface area contributed by atoms with Gasteiger partial charge in [0, 0.05) is 45.0 Å². The maximum Gasteiger partial charge on any atom is 0.272 e. The number of piperidine rings is 1. The van der Waals surface area contributed by atoms with E-state index in [0.717, 1.165) is 25.9 Å². The van der Waals surface area contributed by atoms with Crippen LogP contribution in [0.1, 0.15) is 29.8 Å². The van der Waals surface area contributed by atoms with Crippen LogP contribution in [0.5, 0.6) is 0 Å². The summed E-state index contributed by atoms with van der Waals surface area (Å²) in [7, 11) is 1.72. The summed E-state index contributed by atoms with van der Waals surface area (Å²) in [6.07, 6.45) is 4.22. The number of carbonyl (C=O) groups is 1. The molecule has 8 heteroatoms. The average Bonchev–Trinajstić information content (AvgIpc) is 2.62. The van der Waals surface area contributed by atoms with Crippen LogP contribution in [0.2, 0.25) is 0 Å². The summed E-state index contributed by atoms with van der Waals surface area (Å²) >= 11 is 0. The molecule has 0 aliphatic carbocycles. The van der Waals surface area contributed by atoms with Gasteiger partial charge in [-0.3, -0.25) is 4.79 Å². The third-order valence-corrected chi connectivity index (χ3v) is 4.75. The van der Waals surface area contributed by atoms with Crippen molar-refractivity contribution >= 4 is 11.7 Å². The molecule has 2 atom stereocenters. The van der Waals surface area contributed by atoms with Gasteiger partial charge in [0.2, 0.25) is 0 Å². The van der Waals surface area contributed by atoms with Crippen molar-refractivity contribution < 1.29 is 14.3 Å². The van der Waals surface area contributed by atoms with Gasteiger partial charge in [-0.1, -0.05) is 0 Å². The lowest BCUT2D eigenvalue weighted by molar-refractivity contribution is -0.0533. The molecule has 3 rings (SSSR count). The van der Waals surface area contributed by atoms with E-state index < -0.39 is 0 Å². The van der Waals surface area contributed by atoms with Crippen LogP contribution in [-0.2, 0) is 9.47 Å². The molecule has 0 spiro atoms. The average molecular weight is 335 g/mol. The van der Waals surface area contributed by atoms with Gasteiger partial charge in [-0.05, 0) is 19.3 Å². The smallest absolute Gasteiger partial charge is 0.272 e. The Labute approximate surface area is 141 Å². The minimum atomic E-state index is -0.0802. The van der Waals surface area contributed by atoms with Crippen LogP contribution in [0.3, 0.4) is 0 Å². The van der Waals surface area contributed by atoms with Gasteiger partial charge in [-0.25, -0.2) is 9.97 Å². The lowest BCUT2D eigenvalue weighted by Gasteiger charge is -2.38. The van der Waals surface area contributed by atoms with E-state index in [1.807, 2.05) is 4.90 Å². The largest absolute Gasteiger partial charge is 0.384 e. The molecule has 3 N–H and O–H groups in total. The monoisotopic (exact) mass is 335 g/mol. The molecular formula is C16H25N5O3. The van der Waals surface area contributed by atoms with Crippen molar-refractivity contribution in [3.63, 3.8) is 0 Å². The molecule has 2 aliphatic rings. The summed E-state index contributed by atoms with van der Waals surface area (Å²) in [6, 6.07) is 2.24. The van der Waals surface area contributed by atoms with Gasteiger partial charge >= 0.3 is 0 Å². The van der Waals surface area contributed by atoms with Crippen molar-refractivity contribution in [1.29, 1.82) is 0 Å². The number of hydrogen-bond acceptors (Lipinski definition) is 7. The summed E-state index contributed by atoms with van der Waals surface area (Å²) in [6.45, 7) is 2.83. The zero-order valence-electron chi connectivity index (χ0n) is 14.0. The quantitative estimate of drug-likeness (QED) is 0.802. The van der Waals surface area contributed by atoms with E-state index in [2.05, 4.69) is 15.3 Å². The van der Waals surface area contributed by atoms with Gasteiger partial charge in [-0.2, -0.15) is 0 Å². The number of nitrogens with one attached hydrogen (secondary N) is 1. The zero-order valence-corrected chi connectivity index (χ0v) is 14.0. The van der Waals surface area contributed by atoms with E-state index in [1.165, 1.54) is 12.4 Å². The Bertz CT molecular complexity index is 562. The first kappa shape index (κ1) is 17.1. The molecule has 0 radical (unpaired) electrons. The first-order chi connectivity index (χ1) is 11.7. The lowest BCUT2D eigenvalue weighted by atomic mass is 9.99. The summed E-state index contributed by atoms with van der Waals surface area (Å²) in [4.78, 5) is 22.1. The van der Waals surface area contributed by atoms with Crippen molar-refractivity contribution in [3.8, 4) is 0 Å². The molecule has 0 saturated carbocycles. The van der Waals surface area contributed by atoms with E-state index >= 15 is 0 Å². The summed E-state index contributed by atoms with van der Waals surface area (Å²) in [5, 5.41) is 3.68. The molecule has 8 nitrogen and oxygen atoms in total. The predicted molar refractivity (Wildman–Crippen MR) is 88.5 cm³/mol. The normalized spacial score (nSPS) is 25.6. The summed E-state index contributed by atoms with van der Waals surface area (Å²) in [5.74, 6) is 0.235. The molecule has 2 saturated heterocycles. The highest BCUT2D eigenvalue weighted by Gasteiger charge is 2.30. The number of rotatable bonds is 4. The minimum Gasteiger partial charge on any atom is -0.384 e. The van der Waals surface area contributed by atoms with Gasteiger partial charge in [-0.15, -0.1) is 0 Å². The van der Waals surface area contributed by atoms with Gasteiger partial charge in [0.05, 0.1) is 12.7 Å². The fraction of sp³-hybridized carbons (Fsp3) is 0.688. The summed E-state index contributed by atoms with van der Waals surface area (Å²) < 4.78 is 11.0. The fourth-order valence-electron chi connectivity index (χ4n) is 3.34. The van der Waals surface area contributed by atoms with E-state index in [4.69, 9.17) is 15.2 Å². The third-order valence-electron chi connectivity index (χ3n) is 4.75. The number of ether oxygens (including phenoxy) is 2. The Kier molecular flexibility index (Phi) is 5.60. The first-order valence-corrected chi connectivity index (χ1v) is 8.40. The molecule has 0 aromatic carbocycles. The van der Waals surface area contributed by atoms with Gasteiger partial charge in [0.15, 0.2) is 0 Å². The number of methoxy groups -OCH3 is 1. The second-order valence-electron chi connectivity index (χ2n) is 6.31. The second kappa shape index (κ2) is 7.87. The van der Waals surface area contributed by atoms with Crippen molar-refractivity contribution in [2.75, 3.05) is 39.1 Å². The molecule has 1 aromatic rings. The third kappa shape index (κ3) is 4.00. The number of anilines is 1. The zero-order chi connectivity index (χ0) is 16.9. The SMILES string of the molecule is CO[C@H]1COCC[C@H]1NC1CCN(C(=O)c2cc(N)ncn2)CC1. The number of nitrogen functional groups attached to an aromatic ring is 1. The Balaban J connectivity index is 1.51. The van der Waals surface area contributed by atoms with Crippen molar-refractivity contribution in [2.24, 2.45) is 0 Å². The molecule has 1 aromatic heterocycles. The van der Waals surface area contributed by atoms with Crippen molar-refractivity contribution in [3.05, 3.63) is 18.1 Å². The Morgan fingerprint density at radius 3 is 2.88 bits per heavy atom. The van der Waals surface area contributed by atoms with E-state index in [-0.39, 0.29) is 12.0 Å². The van der Waals surface area contributed by atoms with Crippen LogP contribution in [0.4, 0.5) is 5.82 Å². The first-order valence-electron chi connectivity index (χ1n) is 8.40. The maximum absolute atomic E-state index is 12.5. The van der Waals surface area contributed by atoms with Crippen LogP contribution >= 0.6 is 0 Å². The second-order valence-corrected chi connectivity index (χ2v) is 6.31. The number of carbonyl (C=O) groups excluding carboxylic acids is 1. The molecule has 1 amide bonds. The highest BCUT2D eigenvalue weighted by molar-refractivity contribution is 5.92. The number of hydrogen-bond donors (Lipinski definition) is 2. The maximum atomic E-state index is 12.5. The van der Waals surface area contributed by atoms with E-state index in [1.54, 1.807) is 7.11 Å². The minimum absolute atomic E-state index is 0.0802. The van der Waals surface area contributed by atoms with Crippen LogP contribution in [-0.4, -0.2) is 72.4 Å². The number of likely N-dealkylation sites (tertiary alicyclic amines) is 1. The molecule has 0 unspecified atom stereocenters. The molecule has 24 heavy (non-hydrogen) atoms. The molecule has 0 bridgehead atoms. The van der Waals surface area contributed by atoms with E-state index in [0.29, 0.717) is 43.3 Å². The molecule has 132 valence electrons. The molecule has 3 heterocycles. The molecular weight excluding hydrogens is 310 g/mol. The number of nitrogens with zero attached hydrogens (tertiary/aromatic N) is 3. The Morgan fingerprint density at radius 1 is 1.38 bits per heavy atom. The number of amides is 1. The summed E-state index contributed by atoms with van der Waals surface area (Å²) in [5.41, 5.74) is 5.98. The van der Waals surface area contributed by atoms with Crippen LogP contribution in [0.25, 0.3) is 0 Å². The topological polar surface area (TPSA) is 103 Å². The Morgan fingerprint density at radius 2 is 2.17 bits per heavy atom. The van der Waals surface area contributed by atoms with Gasteiger partial charge in [0.25, 0.3) is 5.91 Å². The number of aromatic nitrogens is 2.